The van der Waals surface area contributed by atoms with Gasteiger partial charge in [-0.25, -0.2) is 4.39 Å². The highest BCUT2D eigenvalue weighted by Gasteiger charge is 2.12. The van der Waals surface area contributed by atoms with E-state index in [1.807, 2.05) is 38.1 Å². The number of hydrogen-bond donors (Lipinski definition) is 0. The lowest BCUT2D eigenvalue weighted by Crippen LogP contribution is -1.94. The van der Waals surface area contributed by atoms with E-state index in [1.54, 1.807) is 6.08 Å². The summed E-state index contributed by atoms with van der Waals surface area (Å²) in [6.07, 6.45) is 3.44. The number of benzene rings is 1. The van der Waals surface area contributed by atoms with Gasteiger partial charge in [-0.2, -0.15) is 0 Å². The number of allylic oxidation sites excluding steroid dienone is 4. The normalized spacial score (nSPS) is 16.6. The van der Waals surface area contributed by atoms with Crippen LogP contribution in [0.5, 0.6) is 0 Å². The Morgan fingerprint density at radius 3 is 2.27 bits per heavy atom. The van der Waals surface area contributed by atoms with Crippen molar-refractivity contribution < 1.29 is 4.39 Å². The Bertz CT molecular complexity index is 421. The molecule has 0 bridgehead atoms. The van der Waals surface area contributed by atoms with Crippen LogP contribution in [0.3, 0.4) is 0 Å². The molecule has 1 heteroatoms. The molecule has 0 N–H and O–H groups in total. The molecule has 0 unspecified atom stereocenters. The molecular formula is C14H15F. The van der Waals surface area contributed by atoms with E-state index in [-0.39, 0.29) is 5.83 Å². The molecule has 0 saturated heterocycles. The number of aryl methyl sites for hydroxylation is 1. The highest BCUT2D eigenvalue weighted by Crippen LogP contribution is 2.31. The van der Waals surface area contributed by atoms with Gasteiger partial charge in [0.05, 0.1) is 0 Å². The maximum Gasteiger partial charge on any atom is 0.126 e. The maximum atomic E-state index is 13.7. The average Bonchev–Trinajstić information content (AvgIpc) is 2.20. The van der Waals surface area contributed by atoms with Crippen molar-refractivity contribution in [2.24, 2.45) is 0 Å². The monoisotopic (exact) mass is 202 g/mol. The summed E-state index contributed by atoms with van der Waals surface area (Å²) in [7, 11) is 0. The lowest BCUT2D eigenvalue weighted by molar-refractivity contribution is 0.655. The van der Waals surface area contributed by atoms with Crippen LogP contribution in [-0.4, -0.2) is 0 Å². The van der Waals surface area contributed by atoms with E-state index in [0.29, 0.717) is 0 Å². The van der Waals surface area contributed by atoms with Crippen molar-refractivity contribution in [3.63, 3.8) is 0 Å². The van der Waals surface area contributed by atoms with Crippen molar-refractivity contribution in [2.75, 3.05) is 0 Å². The summed E-state index contributed by atoms with van der Waals surface area (Å²) in [5.41, 5.74) is 4.20. The first kappa shape index (κ1) is 10.2. The molecule has 2 rings (SSSR count). The van der Waals surface area contributed by atoms with Gasteiger partial charge in [-0.05, 0) is 43.9 Å². The predicted molar refractivity (Wildman–Crippen MR) is 62.2 cm³/mol. The Morgan fingerprint density at radius 1 is 1.00 bits per heavy atom. The van der Waals surface area contributed by atoms with E-state index < -0.39 is 0 Å². The third-order valence-electron chi connectivity index (χ3n) is 2.83. The van der Waals surface area contributed by atoms with Crippen LogP contribution >= 0.6 is 0 Å². The molecule has 0 amide bonds. The second-order valence-corrected chi connectivity index (χ2v) is 4.18. The van der Waals surface area contributed by atoms with Gasteiger partial charge in [-0.15, -0.1) is 0 Å². The van der Waals surface area contributed by atoms with Crippen LogP contribution in [0.25, 0.3) is 5.57 Å². The second kappa shape index (κ2) is 4.01. The topological polar surface area (TPSA) is 0 Å². The summed E-state index contributed by atoms with van der Waals surface area (Å²) in [6, 6.07) is 8.05. The molecule has 0 nitrogen and oxygen atoms in total. The molecule has 0 saturated carbocycles. The standard InChI is InChI=1S/C14H15F/c1-10-3-6-12(7-4-10)13-8-5-11(2)9-14(13)15/h3-4,6-7,9H,5,8H2,1-2H3. The quantitative estimate of drug-likeness (QED) is 0.632. The van der Waals surface area contributed by atoms with E-state index >= 15 is 0 Å². The first-order valence-electron chi connectivity index (χ1n) is 5.29. The van der Waals surface area contributed by atoms with Gasteiger partial charge < -0.3 is 0 Å². The molecular weight excluding hydrogens is 187 g/mol. The third-order valence-corrected chi connectivity index (χ3v) is 2.83. The minimum absolute atomic E-state index is 0.0670. The van der Waals surface area contributed by atoms with Crippen LogP contribution in [0, 0.1) is 6.92 Å². The summed E-state index contributed by atoms with van der Waals surface area (Å²) >= 11 is 0. The van der Waals surface area contributed by atoms with Gasteiger partial charge in [0.25, 0.3) is 0 Å². The molecule has 78 valence electrons. The Balaban J connectivity index is 2.39. The van der Waals surface area contributed by atoms with Crippen molar-refractivity contribution >= 4 is 5.57 Å². The van der Waals surface area contributed by atoms with Gasteiger partial charge in [0.1, 0.15) is 5.83 Å². The van der Waals surface area contributed by atoms with Crippen molar-refractivity contribution in [1.29, 1.82) is 0 Å². The summed E-state index contributed by atoms with van der Waals surface area (Å²) < 4.78 is 13.7. The van der Waals surface area contributed by atoms with Gasteiger partial charge in [0.15, 0.2) is 0 Å². The van der Waals surface area contributed by atoms with Crippen molar-refractivity contribution in [1.82, 2.24) is 0 Å². The van der Waals surface area contributed by atoms with E-state index in [0.717, 1.165) is 29.6 Å². The zero-order valence-electron chi connectivity index (χ0n) is 9.18. The minimum atomic E-state index is -0.0670. The number of halogens is 1. The minimum Gasteiger partial charge on any atom is -0.207 e. The Hall–Kier alpha value is -1.37. The Morgan fingerprint density at radius 2 is 1.67 bits per heavy atom. The molecule has 15 heavy (non-hydrogen) atoms. The Kier molecular flexibility index (Phi) is 2.72. The number of rotatable bonds is 1. The molecule has 1 aliphatic rings. The van der Waals surface area contributed by atoms with Crippen LogP contribution in [0.2, 0.25) is 0 Å². The summed E-state index contributed by atoms with van der Waals surface area (Å²) in [5.74, 6) is -0.0670. The lowest BCUT2D eigenvalue weighted by atomic mass is 9.93. The van der Waals surface area contributed by atoms with Crippen LogP contribution in [0.15, 0.2) is 41.7 Å². The SMILES string of the molecule is CC1=CC(F)=C(c2ccc(C)cc2)CC1. The summed E-state index contributed by atoms with van der Waals surface area (Å²) in [4.78, 5) is 0. The largest absolute Gasteiger partial charge is 0.207 e. The fourth-order valence-electron chi connectivity index (χ4n) is 1.85. The first-order valence-corrected chi connectivity index (χ1v) is 5.29. The fraction of sp³-hybridized carbons (Fsp3) is 0.286. The van der Waals surface area contributed by atoms with E-state index in [1.165, 1.54) is 5.56 Å². The number of hydrogen-bond acceptors (Lipinski definition) is 0. The second-order valence-electron chi connectivity index (χ2n) is 4.18. The molecule has 0 fully saturated rings. The van der Waals surface area contributed by atoms with Crippen LogP contribution in [-0.2, 0) is 0 Å². The van der Waals surface area contributed by atoms with Crippen molar-refractivity contribution in [3.8, 4) is 0 Å². The highest BCUT2D eigenvalue weighted by atomic mass is 19.1. The molecule has 0 radical (unpaired) electrons. The molecule has 1 aromatic rings. The third kappa shape index (κ3) is 2.17. The zero-order valence-corrected chi connectivity index (χ0v) is 9.18. The van der Waals surface area contributed by atoms with Gasteiger partial charge in [0.2, 0.25) is 0 Å². The van der Waals surface area contributed by atoms with Gasteiger partial charge in [0, 0.05) is 0 Å². The van der Waals surface area contributed by atoms with Crippen molar-refractivity contribution in [3.05, 3.63) is 52.9 Å². The highest BCUT2D eigenvalue weighted by molar-refractivity contribution is 5.71. The molecule has 1 aromatic carbocycles. The summed E-state index contributed by atoms with van der Waals surface area (Å²) in [5, 5.41) is 0. The first-order chi connectivity index (χ1) is 7.16. The molecule has 0 atom stereocenters. The molecule has 0 aliphatic heterocycles. The Labute approximate surface area is 90.1 Å². The van der Waals surface area contributed by atoms with Gasteiger partial charge in [-0.1, -0.05) is 35.4 Å². The van der Waals surface area contributed by atoms with Gasteiger partial charge >= 0.3 is 0 Å². The van der Waals surface area contributed by atoms with E-state index in [4.69, 9.17) is 0 Å². The fourth-order valence-corrected chi connectivity index (χ4v) is 1.85. The lowest BCUT2D eigenvalue weighted by Gasteiger charge is -2.14. The van der Waals surface area contributed by atoms with Crippen molar-refractivity contribution in [2.45, 2.75) is 26.7 Å². The zero-order chi connectivity index (χ0) is 10.8. The molecule has 0 aromatic heterocycles. The molecule has 0 heterocycles. The molecule has 0 spiro atoms. The van der Waals surface area contributed by atoms with Crippen LogP contribution in [0.1, 0.15) is 30.9 Å². The van der Waals surface area contributed by atoms with Crippen LogP contribution < -0.4 is 0 Å². The van der Waals surface area contributed by atoms with E-state index in [2.05, 4.69) is 0 Å². The van der Waals surface area contributed by atoms with Crippen LogP contribution in [0.4, 0.5) is 4.39 Å². The van der Waals surface area contributed by atoms with Gasteiger partial charge in [-0.3, -0.25) is 0 Å². The predicted octanol–water partition coefficient (Wildman–Crippen LogP) is 4.42. The summed E-state index contributed by atoms with van der Waals surface area (Å²) in [6.45, 7) is 4.02. The molecule has 1 aliphatic carbocycles. The average molecular weight is 202 g/mol. The maximum absolute atomic E-state index is 13.7. The smallest absolute Gasteiger partial charge is 0.126 e. The van der Waals surface area contributed by atoms with E-state index in [9.17, 15) is 4.39 Å².